The molecule has 2 heterocycles. The number of hydrogen-bond acceptors (Lipinski definition) is 8. The maximum absolute atomic E-state index is 12.3. The van der Waals surface area contributed by atoms with Crippen molar-refractivity contribution in [2.45, 2.75) is 25.0 Å². The second-order valence-corrected chi connectivity index (χ2v) is 11.2. The molecule has 2 aromatic carbocycles. The molecule has 0 radical (unpaired) electrons. The van der Waals surface area contributed by atoms with Crippen LogP contribution in [0.25, 0.3) is 0 Å². The number of sulfonamides is 1. The van der Waals surface area contributed by atoms with Crippen molar-refractivity contribution in [2.24, 2.45) is 0 Å². The van der Waals surface area contributed by atoms with E-state index in [-0.39, 0.29) is 5.25 Å². The zero-order valence-electron chi connectivity index (χ0n) is 20.0. The Bertz CT molecular complexity index is 1290. The van der Waals surface area contributed by atoms with Gasteiger partial charge in [0.15, 0.2) is 0 Å². The summed E-state index contributed by atoms with van der Waals surface area (Å²) in [5.74, 6) is 1.13. The van der Waals surface area contributed by atoms with Crippen LogP contribution >= 0.6 is 0 Å². The Balaban J connectivity index is 1.26. The van der Waals surface area contributed by atoms with E-state index in [1.807, 2.05) is 31.2 Å². The van der Waals surface area contributed by atoms with Gasteiger partial charge in [-0.2, -0.15) is 4.98 Å². The normalized spacial score (nSPS) is 16.7. The van der Waals surface area contributed by atoms with Crippen LogP contribution in [0.4, 0.5) is 34.5 Å². The summed E-state index contributed by atoms with van der Waals surface area (Å²) in [5, 5.41) is 6.29. The van der Waals surface area contributed by atoms with E-state index in [1.165, 1.54) is 5.69 Å². The molecule has 1 aliphatic heterocycles. The highest BCUT2D eigenvalue weighted by Gasteiger charge is 2.35. The topological polar surface area (TPSA) is 102 Å². The van der Waals surface area contributed by atoms with Gasteiger partial charge in [-0.1, -0.05) is 6.07 Å². The summed E-state index contributed by atoms with van der Waals surface area (Å²) >= 11 is 0. The van der Waals surface area contributed by atoms with Crippen LogP contribution < -0.4 is 20.3 Å². The average Bonchev–Trinajstić information content (AvgIpc) is 3.69. The smallest absolute Gasteiger partial charge is 0.235 e. The largest absolute Gasteiger partial charge is 0.369 e. The second-order valence-electron chi connectivity index (χ2n) is 9.24. The molecule has 35 heavy (non-hydrogen) atoms. The third-order valence-corrected chi connectivity index (χ3v) is 8.18. The third-order valence-electron chi connectivity index (χ3n) is 6.31. The van der Waals surface area contributed by atoms with Gasteiger partial charge in [-0.05, 0) is 69.3 Å². The number of piperazine rings is 1. The van der Waals surface area contributed by atoms with Gasteiger partial charge in [0.1, 0.15) is 5.82 Å². The van der Waals surface area contributed by atoms with E-state index in [2.05, 4.69) is 54.3 Å². The highest BCUT2D eigenvalue weighted by atomic mass is 32.2. The molecule has 3 aromatic rings. The first kappa shape index (κ1) is 23.4. The lowest BCUT2D eigenvalue weighted by atomic mass is 10.2. The van der Waals surface area contributed by atoms with Gasteiger partial charge in [-0.3, -0.25) is 4.72 Å². The van der Waals surface area contributed by atoms with Crippen molar-refractivity contribution in [3.63, 3.8) is 0 Å². The van der Waals surface area contributed by atoms with Gasteiger partial charge in [0, 0.05) is 55.0 Å². The van der Waals surface area contributed by atoms with Crippen molar-refractivity contribution in [3.8, 4) is 0 Å². The minimum atomic E-state index is -3.31. The zero-order chi connectivity index (χ0) is 24.4. The standard InChI is InChI=1S/C25H31N7O2S/c1-18-17-26-25(28-19-6-8-22(9-7-19)32-14-12-31(2)13-15-32)29-24(18)27-20-4-3-5-21(16-20)30-35(33,34)23-10-11-23/h3-9,16-17,23,30H,10-15H2,1-2H3,(H2,26,27,28,29). The van der Waals surface area contributed by atoms with Crippen LogP contribution in [0.3, 0.4) is 0 Å². The minimum Gasteiger partial charge on any atom is -0.369 e. The van der Waals surface area contributed by atoms with Crippen molar-refractivity contribution in [1.29, 1.82) is 0 Å². The van der Waals surface area contributed by atoms with Gasteiger partial charge in [-0.25, -0.2) is 13.4 Å². The number of anilines is 6. The SMILES string of the molecule is Cc1cnc(Nc2ccc(N3CCN(C)CC3)cc2)nc1Nc1cccc(NS(=O)(=O)C2CC2)c1. The van der Waals surface area contributed by atoms with Crippen LogP contribution in [0.15, 0.2) is 54.7 Å². The minimum absolute atomic E-state index is 0.271. The molecule has 0 unspecified atom stereocenters. The van der Waals surface area contributed by atoms with Gasteiger partial charge >= 0.3 is 0 Å². The van der Waals surface area contributed by atoms with Crippen molar-refractivity contribution < 1.29 is 8.42 Å². The first-order valence-corrected chi connectivity index (χ1v) is 13.4. The Morgan fingerprint density at radius 2 is 1.63 bits per heavy atom. The molecule has 5 rings (SSSR count). The predicted octanol–water partition coefficient (Wildman–Crippen LogP) is 3.93. The van der Waals surface area contributed by atoms with Crippen molar-refractivity contribution >= 4 is 44.5 Å². The number of hydrogen-bond donors (Lipinski definition) is 3. The third kappa shape index (κ3) is 5.83. The zero-order valence-corrected chi connectivity index (χ0v) is 20.8. The molecule has 10 heteroatoms. The fourth-order valence-electron chi connectivity index (χ4n) is 4.00. The Morgan fingerprint density at radius 1 is 0.914 bits per heavy atom. The summed E-state index contributed by atoms with van der Waals surface area (Å²) in [6, 6.07) is 15.5. The number of nitrogens with one attached hydrogen (secondary N) is 3. The molecule has 1 saturated carbocycles. The molecule has 0 atom stereocenters. The van der Waals surface area contributed by atoms with E-state index in [0.717, 1.165) is 56.0 Å². The van der Waals surface area contributed by atoms with Gasteiger partial charge in [0.2, 0.25) is 16.0 Å². The molecule has 2 fully saturated rings. The van der Waals surface area contributed by atoms with Crippen LogP contribution in [0.1, 0.15) is 18.4 Å². The number of nitrogens with zero attached hydrogens (tertiary/aromatic N) is 4. The van der Waals surface area contributed by atoms with Crippen LogP contribution in [-0.4, -0.2) is 61.8 Å². The maximum Gasteiger partial charge on any atom is 0.235 e. The van der Waals surface area contributed by atoms with Crippen molar-refractivity contribution in [1.82, 2.24) is 14.9 Å². The molecular formula is C25H31N7O2S. The molecular weight excluding hydrogens is 462 g/mol. The average molecular weight is 494 g/mol. The summed E-state index contributed by atoms with van der Waals surface area (Å²) in [4.78, 5) is 13.8. The van der Waals surface area contributed by atoms with Gasteiger partial charge in [-0.15, -0.1) is 0 Å². The van der Waals surface area contributed by atoms with Crippen LogP contribution in [0.2, 0.25) is 0 Å². The Labute approximate surface area is 206 Å². The van der Waals surface area contributed by atoms with Crippen molar-refractivity contribution in [2.75, 3.05) is 53.5 Å². The van der Waals surface area contributed by atoms with Gasteiger partial charge in [0.05, 0.1) is 10.9 Å². The Morgan fingerprint density at radius 3 is 2.34 bits per heavy atom. The lowest BCUT2D eigenvalue weighted by Crippen LogP contribution is -2.44. The fourth-order valence-corrected chi connectivity index (χ4v) is 5.38. The number of likely N-dealkylation sites (N-methyl/N-ethyl adjacent to an activating group) is 1. The van der Waals surface area contributed by atoms with E-state index in [9.17, 15) is 8.42 Å². The van der Waals surface area contributed by atoms with Gasteiger partial charge in [0.25, 0.3) is 0 Å². The van der Waals surface area contributed by atoms with Crippen LogP contribution in [-0.2, 0) is 10.0 Å². The summed E-state index contributed by atoms with van der Waals surface area (Å²) in [7, 11) is -1.16. The molecule has 0 spiro atoms. The lowest BCUT2D eigenvalue weighted by Gasteiger charge is -2.34. The molecule has 3 N–H and O–H groups in total. The van der Waals surface area contributed by atoms with E-state index in [0.29, 0.717) is 17.5 Å². The highest BCUT2D eigenvalue weighted by Crippen LogP contribution is 2.31. The molecule has 0 amide bonds. The number of aromatic nitrogens is 2. The fraction of sp³-hybridized carbons (Fsp3) is 0.360. The molecule has 1 aliphatic carbocycles. The Hall–Kier alpha value is -3.37. The number of rotatable bonds is 8. The van der Waals surface area contributed by atoms with E-state index >= 15 is 0 Å². The summed E-state index contributed by atoms with van der Waals surface area (Å²) in [6.07, 6.45) is 3.21. The second kappa shape index (κ2) is 9.71. The van der Waals surface area contributed by atoms with Gasteiger partial charge < -0.3 is 20.4 Å². The number of benzene rings is 2. The van der Waals surface area contributed by atoms with Crippen LogP contribution in [0, 0.1) is 6.92 Å². The summed E-state index contributed by atoms with van der Waals surface area (Å²) in [6.45, 7) is 6.13. The van der Waals surface area contributed by atoms with E-state index < -0.39 is 10.0 Å². The molecule has 0 bridgehead atoms. The molecule has 9 nitrogen and oxygen atoms in total. The van der Waals surface area contributed by atoms with Crippen LogP contribution in [0.5, 0.6) is 0 Å². The van der Waals surface area contributed by atoms with E-state index in [1.54, 1.807) is 18.3 Å². The Kier molecular flexibility index (Phi) is 6.48. The maximum atomic E-state index is 12.3. The quantitative estimate of drug-likeness (QED) is 0.434. The molecule has 1 saturated heterocycles. The highest BCUT2D eigenvalue weighted by molar-refractivity contribution is 7.93. The summed E-state index contributed by atoms with van der Waals surface area (Å²) in [5.41, 5.74) is 4.28. The van der Waals surface area contributed by atoms with E-state index in [4.69, 9.17) is 0 Å². The summed E-state index contributed by atoms with van der Waals surface area (Å²) < 4.78 is 27.2. The predicted molar refractivity (Wildman–Crippen MR) is 141 cm³/mol. The number of aryl methyl sites for hydroxylation is 1. The first-order valence-electron chi connectivity index (χ1n) is 11.9. The van der Waals surface area contributed by atoms with Crippen molar-refractivity contribution in [3.05, 3.63) is 60.3 Å². The molecule has 1 aromatic heterocycles. The monoisotopic (exact) mass is 493 g/mol. The molecule has 184 valence electrons. The molecule has 2 aliphatic rings. The lowest BCUT2D eigenvalue weighted by molar-refractivity contribution is 0.313. The first-order chi connectivity index (χ1) is 16.9.